The number of ether oxygens (including phenoxy) is 2. The number of hydrogen-bond donors (Lipinski definition) is 0. The van der Waals surface area contributed by atoms with Gasteiger partial charge in [0.25, 0.3) is 5.56 Å². The highest BCUT2D eigenvalue weighted by Gasteiger charge is 2.29. The van der Waals surface area contributed by atoms with Crippen molar-refractivity contribution in [3.63, 3.8) is 0 Å². The van der Waals surface area contributed by atoms with Crippen molar-refractivity contribution in [3.8, 4) is 11.4 Å². The second-order valence-electron chi connectivity index (χ2n) is 11.4. The first kappa shape index (κ1) is 28.4. The van der Waals surface area contributed by atoms with Gasteiger partial charge in [0.15, 0.2) is 11.6 Å². The van der Waals surface area contributed by atoms with Crippen LogP contribution in [0.25, 0.3) is 5.69 Å². The zero-order valence-electron chi connectivity index (χ0n) is 23.1. The van der Waals surface area contributed by atoms with Crippen molar-refractivity contribution in [2.75, 3.05) is 13.1 Å². The van der Waals surface area contributed by atoms with Crippen LogP contribution in [0.2, 0.25) is 0 Å². The van der Waals surface area contributed by atoms with Crippen LogP contribution in [0.15, 0.2) is 47.3 Å². The lowest BCUT2D eigenvalue weighted by Gasteiger charge is -2.29. The van der Waals surface area contributed by atoms with Crippen LogP contribution < -0.4 is 10.3 Å². The van der Waals surface area contributed by atoms with Crippen LogP contribution in [0.3, 0.4) is 0 Å². The van der Waals surface area contributed by atoms with Gasteiger partial charge in [0.1, 0.15) is 17.2 Å². The molecule has 1 saturated carbocycles. The number of carbonyl (C=O) groups excluding carboxylic acids is 2. The van der Waals surface area contributed by atoms with Crippen LogP contribution in [-0.2, 0) is 17.6 Å². The molecule has 2 heterocycles. The number of carbonyl (C=O) groups is 2. The van der Waals surface area contributed by atoms with E-state index in [0.29, 0.717) is 29.8 Å². The molecule has 0 saturated heterocycles. The molecular weight excluding hydrogens is 537 g/mol. The molecule has 0 N–H and O–H groups in total. The van der Waals surface area contributed by atoms with Gasteiger partial charge in [-0.2, -0.15) is 0 Å². The van der Waals surface area contributed by atoms with Gasteiger partial charge in [0.05, 0.1) is 11.3 Å². The normalized spacial score (nSPS) is 15.5. The van der Waals surface area contributed by atoms with Gasteiger partial charge < -0.3 is 14.4 Å². The van der Waals surface area contributed by atoms with E-state index in [1.165, 1.54) is 29.2 Å². The molecule has 0 radical (unpaired) electrons. The number of hydrogen-bond acceptors (Lipinski definition) is 5. The van der Waals surface area contributed by atoms with E-state index >= 15 is 4.39 Å². The fourth-order valence-electron chi connectivity index (χ4n) is 5.16. The minimum Gasteiger partial charge on any atom is -0.444 e. The first-order valence-electron chi connectivity index (χ1n) is 13.6. The Morgan fingerprint density at radius 1 is 0.951 bits per heavy atom. The fraction of sp³-hybridized carbons (Fsp3) is 0.387. The molecular formula is C31H31F3N2O5. The van der Waals surface area contributed by atoms with Gasteiger partial charge in [-0.1, -0.05) is 18.6 Å². The summed E-state index contributed by atoms with van der Waals surface area (Å²) in [6.45, 7) is 5.87. The van der Waals surface area contributed by atoms with Crippen LogP contribution in [0.1, 0.15) is 73.1 Å². The molecule has 10 heteroatoms. The maximum Gasteiger partial charge on any atom is 0.410 e. The second-order valence-corrected chi connectivity index (χ2v) is 11.4. The largest absolute Gasteiger partial charge is 0.444 e. The molecule has 3 aromatic rings. The van der Waals surface area contributed by atoms with Crippen molar-refractivity contribution in [1.29, 1.82) is 0 Å². The number of amides is 1. The predicted molar refractivity (Wildman–Crippen MR) is 145 cm³/mol. The first-order chi connectivity index (χ1) is 19.4. The third-order valence-corrected chi connectivity index (χ3v) is 7.44. The van der Waals surface area contributed by atoms with E-state index in [1.807, 2.05) is 0 Å². The van der Waals surface area contributed by atoms with Crippen LogP contribution in [0, 0.1) is 17.5 Å². The highest BCUT2D eigenvalue weighted by Crippen LogP contribution is 2.38. The lowest BCUT2D eigenvalue weighted by molar-refractivity contribution is 0.0258. The summed E-state index contributed by atoms with van der Waals surface area (Å²) in [5.41, 5.74) is -0.517. The number of aromatic nitrogens is 1. The molecule has 1 aromatic heterocycles. The van der Waals surface area contributed by atoms with E-state index in [4.69, 9.17) is 9.47 Å². The van der Waals surface area contributed by atoms with Gasteiger partial charge >= 0.3 is 12.1 Å². The van der Waals surface area contributed by atoms with Crippen molar-refractivity contribution >= 4 is 12.1 Å². The van der Waals surface area contributed by atoms with Crippen LogP contribution in [0.4, 0.5) is 18.0 Å². The number of halogens is 3. The summed E-state index contributed by atoms with van der Waals surface area (Å²) < 4.78 is 56.2. The Morgan fingerprint density at radius 2 is 1.68 bits per heavy atom. The quantitative estimate of drug-likeness (QED) is 0.357. The average molecular weight is 569 g/mol. The van der Waals surface area contributed by atoms with Gasteiger partial charge in [-0.05, 0) is 81.7 Å². The Morgan fingerprint density at radius 3 is 2.37 bits per heavy atom. The second kappa shape index (κ2) is 11.1. The molecule has 1 fully saturated rings. The standard InChI is InChI=1S/C31H31F3N2O5/c1-31(2,3)41-30(39)35-14-12-18-10-11-22(27(33)21(18)13-15-35)29(38)40-20-16-25(19-6-4-7-19)36(26(37)17-20)24-9-5-8-23(32)28(24)34/h5,8-11,16-17,19H,4,6-7,12-15H2,1-3H3. The number of fused-ring (bicyclic) bond motifs is 1. The van der Waals surface area contributed by atoms with Crippen molar-refractivity contribution < 1.29 is 32.2 Å². The van der Waals surface area contributed by atoms with Gasteiger partial charge in [0.2, 0.25) is 0 Å². The number of esters is 1. The molecule has 1 aliphatic carbocycles. The third kappa shape index (κ3) is 5.87. The topological polar surface area (TPSA) is 77.8 Å². The molecule has 1 aliphatic heterocycles. The summed E-state index contributed by atoms with van der Waals surface area (Å²) in [4.78, 5) is 40.3. The molecule has 2 aliphatic rings. The minimum absolute atomic E-state index is 0.110. The number of rotatable bonds is 4. The maximum absolute atomic E-state index is 15.6. The molecule has 7 nitrogen and oxygen atoms in total. The molecule has 0 atom stereocenters. The van der Waals surface area contributed by atoms with E-state index in [0.717, 1.165) is 36.0 Å². The number of nitrogens with zero attached hydrogens (tertiary/aromatic N) is 2. The minimum atomic E-state index is -1.16. The molecule has 0 spiro atoms. The summed E-state index contributed by atoms with van der Waals surface area (Å²) in [6.07, 6.45) is 2.45. The molecule has 0 bridgehead atoms. The summed E-state index contributed by atoms with van der Waals surface area (Å²) >= 11 is 0. The highest BCUT2D eigenvalue weighted by molar-refractivity contribution is 5.91. The first-order valence-corrected chi connectivity index (χ1v) is 13.6. The highest BCUT2D eigenvalue weighted by atomic mass is 19.2. The smallest absolute Gasteiger partial charge is 0.410 e. The number of pyridine rings is 1. The molecule has 1 amide bonds. The Balaban J connectivity index is 1.40. The SMILES string of the molecule is CC(C)(C)OC(=O)N1CCc2ccc(C(=O)Oc3cc(C4CCC4)n(-c4cccc(F)c4F)c(=O)c3)c(F)c2CC1. The predicted octanol–water partition coefficient (Wildman–Crippen LogP) is 6.08. The Bertz CT molecular complexity index is 1570. The van der Waals surface area contributed by atoms with E-state index in [1.54, 1.807) is 26.8 Å². The number of benzene rings is 2. The van der Waals surface area contributed by atoms with Gasteiger partial charge in [-0.15, -0.1) is 0 Å². The third-order valence-electron chi connectivity index (χ3n) is 7.44. The summed E-state index contributed by atoms with van der Waals surface area (Å²) in [7, 11) is 0. The van der Waals surface area contributed by atoms with Crippen molar-refractivity contribution in [1.82, 2.24) is 9.47 Å². The Kier molecular flexibility index (Phi) is 7.68. The van der Waals surface area contributed by atoms with Gasteiger partial charge in [-0.3, -0.25) is 9.36 Å². The van der Waals surface area contributed by atoms with E-state index in [2.05, 4.69) is 0 Å². The van der Waals surface area contributed by atoms with Crippen LogP contribution >= 0.6 is 0 Å². The summed E-state index contributed by atoms with van der Waals surface area (Å²) in [5, 5.41) is 0. The summed E-state index contributed by atoms with van der Waals surface area (Å²) in [6, 6.07) is 9.01. The van der Waals surface area contributed by atoms with E-state index in [9.17, 15) is 23.2 Å². The molecule has 216 valence electrons. The van der Waals surface area contributed by atoms with E-state index in [-0.39, 0.29) is 35.9 Å². The zero-order valence-corrected chi connectivity index (χ0v) is 23.1. The average Bonchev–Trinajstić information content (AvgIpc) is 3.08. The van der Waals surface area contributed by atoms with Crippen LogP contribution in [-0.4, -0.2) is 40.2 Å². The van der Waals surface area contributed by atoms with Gasteiger partial charge in [0, 0.05) is 30.9 Å². The van der Waals surface area contributed by atoms with Crippen LogP contribution in [0.5, 0.6) is 5.75 Å². The Labute approximate surface area is 235 Å². The monoisotopic (exact) mass is 568 g/mol. The fourth-order valence-corrected chi connectivity index (χ4v) is 5.16. The van der Waals surface area contributed by atoms with Crippen molar-refractivity contribution in [2.45, 2.75) is 64.4 Å². The summed E-state index contributed by atoms with van der Waals surface area (Å²) in [5.74, 6) is -4.20. The van der Waals surface area contributed by atoms with Gasteiger partial charge in [-0.25, -0.2) is 22.8 Å². The van der Waals surface area contributed by atoms with Crippen molar-refractivity contribution in [3.05, 3.63) is 92.7 Å². The zero-order chi connectivity index (χ0) is 29.5. The lowest BCUT2D eigenvalue weighted by Crippen LogP contribution is -2.38. The lowest BCUT2D eigenvalue weighted by atomic mass is 9.82. The maximum atomic E-state index is 15.6. The van der Waals surface area contributed by atoms with E-state index < -0.39 is 40.7 Å². The Hall–Kier alpha value is -4.08. The van der Waals surface area contributed by atoms with Crippen molar-refractivity contribution in [2.24, 2.45) is 0 Å². The molecule has 0 unspecified atom stereocenters. The molecule has 5 rings (SSSR count). The molecule has 2 aromatic carbocycles. The molecule has 41 heavy (non-hydrogen) atoms.